The first kappa shape index (κ1) is 11.2. The van der Waals surface area contributed by atoms with Crippen molar-refractivity contribution >= 4 is 34.6 Å². The van der Waals surface area contributed by atoms with E-state index in [9.17, 15) is 4.79 Å². The minimum absolute atomic E-state index is 0.477. The average molecular weight is 302 g/mol. The van der Waals surface area contributed by atoms with E-state index in [2.05, 4.69) is 29.5 Å². The molecule has 0 amide bonds. The lowest BCUT2D eigenvalue weighted by molar-refractivity contribution is -0.131. The Morgan fingerprint density at radius 3 is 2.43 bits per heavy atom. The zero-order valence-electron chi connectivity index (χ0n) is 7.77. The fourth-order valence-electron chi connectivity index (χ4n) is 1.04. The van der Waals surface area contributed by atoms with Gasteiger partial charge in [0.1, 0.15) is 0 Å². The van der Waals surface area contributed by atoms with Gasteiger partial charge in [-0.1, -0.05) is 46.9 Å². The first-order chi connectivity index (χ1) is 6.59. The normalized spacial score (nSPS) is 13.0. The third-order valence-corrected chi connectivity index (χ3v) is 2.53. The number of aliphatic carboxylic acids is 1. The Morgan fingerprint density at radius 1 is 1.43 bits per heavy atom. The van der Waals surface area contributed by atoms with Crippen LogP contribution in [0.4, 0.5) is 0 Å². The van der Waals surface area contributed by atoms with Gasteiger partial charge in [-0.3, -0.25) is 0 Å². The van der Waals surface area contributed by atoms with E-state index in [0.717, 1.165) is 11.6 Å². The molecule has 0 bridgehead atoms. The van der Waals surface area contributed by atoms with Crippen LogP contribution in [0.5, 0.6) is 0 Å². The standard InChI is InChI=1S/C11H11IO2/c1-8(12)10-5-2-9(3-6-10)4-7-11(13)14/h2-8H,1H3,(H,13,14)/b7-4+/t8-/m1/s1. The molecule has 0 saturated carbocycles. The molecule has 0 aliphatic heterocycles. The Balaban J connectivity index is 2.78. The number of hydrogen-bond acceptors (Lipinski definition) is 1. The summed E-state index contributed by atoms with van der Waals surface area (Å²) in [5.41, 5.74) is 2.16. The lowest BCUT2D eigenvalue weighted by Crippen LogP contribution is -1.86. The average Bonchev–Trinajstić information content (AvgIpc) is 2.15. The highest BCUT2D eigenvalue weighted by molar-refractivity contribution is 14.1. The number of alkyl halides is 1. The summed E-state index contributed by atoms with van der Waals surface area (Å²) >= 11 is 2.34. The predicted octanol–water partition coefficient (Wildman–Crippen LogP) is 3.28. The minimum Gasteiger partial charge on any atom is -0.478 e. The fraction of sp³-hybridized carbons (Fsp3) is 0.182. The van der Waals surface area contributed by atoms with Crippen LogP contribution in [0.15, 0.2) is 30.3 Å². The second-order valence-corrected chi connectivity index (χ2v) is 4.82. The molecule has 1 N–H and O–H groups in total. The number of carboxylic acids is 1. The summed E-state index contributed by atoms with van der Waals surface area (Å²) in [6.45, 7) is 2.11. The highest BCUT2D eigenvalue weighted by Crippen LogP contribution is 2.22. The molecular weight excluding hydrogens is 291 g/mol. The van der Waals surface area contributed by atoms with Gasteiger partial charge in [0, 0.05) is 10.0 Å². The zero-order valence-corrected chi connectivity index (χ0v) is 9.93. The minimum atomic E-state index is -0.920. The number of benzene rings is 1. The molecule has 0 unspecified atom stereocenters. The van der Waals surface area contributed by atoms with Crippen LogP contribution in [0.25, 0.3) is 6.08 Å². The molecule has 0 aliphatic carbocycles. The molecule has 2 nitrogen and oxygen atoms in total. The highest BCUT2D eigenvalue weighted by atomic mass is 127. The van der Waals surface area contributed by atoms with Crippen molar-refractivity contribution in [1.82, 2.24) is 0 Å². The number of rotatable bonds is 3. The Hall–Kier alpha value is -0.840. The Morgan fingerprint density at radius 2 is 2.00 bits per heavy atom. The van der Waals surface area contributed by atoms with Crippen LogP contribution in [0.3, 0.4) is 0 Å². The lowest BCUT2D eigenvalue weighted by Gasteiger charge is -2.02. The molecule has 0 radical (unpaired) electrons. The van der Waals surface area contributed by atoms with Crippen LogP contribution >= 0.6 is 22.6 Å². The first-order valence-corrected chi connectivity index (χ1v) is 5.49. The molecule has 1 aromatic carbocycles. The maximum atomic E-state index is 10.3. The third-order valence-electron chi connectivity index (χ3n) is 1.81. The van der Waals surface area contributed by atoms with Gasteiger partial charge in [0.05, 0.1) is 0 Å². The van der Waals surface area contributed by atoms with Gasteiger partial charge in [0.25, 0.3) is 0 Å². The van der Waals surface area contributed by atoms with E-state index in [4.69, 9.17) is 5.11 Å². The molecule has 0 saturated heterocycles. The summed E-state index contributed by atoms with van der Waals surface area (Å²) < 4.78 is 0.477. The van der Waals surface area contributed by atoms with Crippen LogP contribution in [-0.4, -0.2) is 11.1 Å². The van der Waals surface area contributed by atoms with Gasteiger partial charge >= 0.3 is 5.97 Å². The quantitative estimate of drug-likeness (QED) is 0.528. The monoisotopic (exact) mass is 302 g/mol. The maximum Gasteiger partial charge on any atom is 0.328 e. The smallest absolute Gasteiger partial charge is 0.328 e. The van der Waals surface area contributed by atoms with Crippen molar-refractivity contribution in [2.45, 2.75) is 10.8 Å². The number of carboxylic acid groups (broad SMARTS) is 1. The second-order valence-electron chi connectivity index (χ2n) is 2.95. The van der Waals surface area contributed by atoms with E-state index in [1.54, 1.807) is 6.08 Å². The van der Waals surface area contributed by atoms with Gasteiger partial charge in [-0.25, -0.2) is 4.79 Å². The summed E-state index contributed by atoms with van der Waals surface area (Å²) in [7, 11) is 0. The third kappa shape index (κ3) is 3.49. The molecule has 0 spiro atoms. The zero-order chi connectivity index (χ0) is 10.6. The molecule has 1 atom stereocenters. The molecule has 0 fully saturated rings. The lowest BCUT2D eigenvalue weighted by atomic mass is 10.1. The molecule has 0 aliphatic rings. The fourth-order valence-corrected chi connectivity index (χ4v) is 1.46. The van der Waals surface area contributed by atoms with Crippen LogP contribution in [0.1, 0.15) is 22.0 Å². The molecule has 0 aromatic heterocycles. The van der Waals surface area contributed by atoms with Crippen molar-refractivity contribution < 1.29 is 9.90 Å². The largest absolute Gasteiger partial charge is 0.478 e. The van der Waals surface area contributed by atoms with E-state index in [1.165, 1.54) is 5.56 Å². The van der Waals surface area contributed by atoms with Crippen LogP contribution < -0.4 is 0 Å². The highest BCUT2D eigenvalue weighted by Gasteiger charge is 1.98. The van der Waals surface area contributed by atoms with E-state index >= 15 is 0 Å². The van der Waals surface area contributed by atoms with Crippen molar-refractivity contribution in [1.29, 1.82) is 0 Å². The topological polar surface area (TPSA) is 37.3 Å². The van der Waals surface area contributed by atoms with Crippen LogP contribution in [-0.2, 0) is 4.79 Å². The first-order valence-electron chi connectivity index (χ1n) is 4.24. The summed E-state index contributed by atoms with van der Waals surface area (Å²) in [5, 5.41) is 8.43. The molecule has 3 heteroatoms. The molecule has 14 heavy (non-hydrogen) atoms. The van der Waals surface area contributed by atoms with Crippen molar-refractivity contribution in [3.63, 3.8) is 0 Å². The van der Waals surface area contributed by atoms with Gasteiger partial charge in [-0.2, -0.15) is 0 Å². The van der Waals surface area contributed by atoms with Gasteiger partial charge < -0.3 is 5.11 Å². The van der Waals surface area contributed by atoms with Crippen molar-refractivity contribution in [2.24, 2.45) is 0 Å². The molecule has 0 heterocycles. The van der Waals surface area contributed by atoms with Crippen LogP contribution in [0, 0.1) is 0 Å². The van der Waals surface area contributed by atoms with E-state index in [0.29, 0.717) is 3.92 Å². The van der Waals surface area contributed by atoms with Gasteiger partial charge in [-0.05, 0) is 24.1 Å². The van der Waals surface area contributed by atoms with Crippen molar-refractivity contribution in [3.05, 3.63) is 41.5 Å². The predicted molar refractivity (Wildman–Crippen MR) is 65.5 cm³/mol. The van der Waals surface area contributed by atoms with E-state index < -0.39 is 5.97 Å². The Bertz CT molecular complexity index is 339. The number of carbonyl (C=O) groups is 1. The Labute approximate surface area is 96.8 Å². The SMILES string of the molecule is C[C@@H](I)c1ccc(/C=C/C(=O)O)cc1. The van der Waals surface area contributed by atoms with Crippen LogP contribution in [0.2, 0.25) is 0 Å². The summed E-state index contributed by atoms with van der Waals surface area (Å²) in [4.78, 5) is 10.3. The van der Waals surface area contributed by atoms with Gasteiger partial charge in [0.15, 0.2) is 0 Å². The number of hydrogen-bond donors (Lipinski definition) is 1. The number of halogens is 1. The van der Waals surface area contributed by atoms with Crippen molar-refractivity contribution in [2.75, 3.05) is 0 Å². The van der Waals surface area contributed by atoms with Gasteiger partial charge in [0.2, 0.25) is 0 Å². The van der Waals surface area contributed by atoms with E-state index in [1.807, 2.05) is 24.3 Å². The molecule has 1 aromatic rings. The summed E-state index contributed by atoms with van der Waals surface area (Å²) in [6.07, 6.45) is 2.73. The van der Waals surface area contributed by atoms with E-state index in [-0.39, 0.29) is 0 Å². The van der Waals surface area contributed by atoms with Crippen molar-refractivity contribution in [3.8, 4) is 0 Å². The molecule has 1 rings (SSSR count). The Kier molecular flexibility index (Phi) is 4.13. The van der Waals surface area contributed by atoms with Gasteiger partial charge in [-0.15, -0.1) is 0 Å². The maximum absolute atomic E-state index is 10.3. The second kappa shape index (κ2) is 5.14. The summed E-state index contributed by atoms with van der Waals surface area (Å²) in [6, 6.07) is 7.87. The molecular formula is C11H11IO2. The molecule has 74 valence electrons. The summed E-state index contributed by atoms with van der Waals surface area (Å²) in [5.74, 6) is -0.920.